The van der Waals surface area contributed by atoms with Gasteiger partial charge in [0.15, 0.2) is 0 Å². The standard InChI is InChI=1S/C17H22O2.C12H26O3.C9H19NO.C7H18N2.C6H14.CH4/c1-14(2)9-10-18-11-12-19-17-8-7-15-5-3-4-6-16(15)13-17;1-4-6-13-8-10-15-11-9-14-7-5-12(2)3;1-7(2)5-6-10-9(11)8(3)4;1-7(2)3-5-9-6-4-8;1-4-5-6(2)3;/h3-8,13-14H,9-12H2,1-2H3;12H,4-11H2,1-3H3;7-8H,5-6H2,1-4H3,(H,10,11);7,9H,3-6,8H2,1-2H3;6H,4-5H2,1-3H3;1H4/p+1. The van der Waals surface area contributed by atoms with E-state index in [9.17, 15) is 4.79 Å². The Labute approximate surface area is 379 Å². The third-order valence-corrected chi connectivity index (χ3v) is 8.65. The molecule has 2 rings (SSSR count). The van der Waals surface area contributed by atoms with Crippen molar-refractivity contribution >= 4 is 16.7 Å². The predicted molar refractivity (Wildman–Crippen MR) is 266 cm³/mol. The van der Waals surface area contributed by atoms with E-state index in [1.165, 1.54) is 30.0 Å². The van der Waals surface area contributed by atoms with Gasteiger partial charge in [0.25, 0.3) is 0 Å². The van der Waals surface area contributed by atoms with Crippen LogP contribution in [0.4, 0.5) is 0 Å². The quantitative estimate of drug-likeness (QED) is 0.0698. The molecule has 0 aromatic heterocycles. The lowest BCUT2D eigenvalue weighted by Gasteiger charge is -2.09. The van der Waals surface area contributed by atoms with Gasteiger partial charge in [-0.3, -0.25) is 4.79 Å². The van der Waals surface area contributed by atoms with E-state index in [2.05, 4.69) is 124 Å². The molecular formula is C52H104N3O6+. The Kier molecular flexibility index (Phi) is 52.2. The Morgan fingerprint density at radius 3 is 1.43 bits per heavy atom. The molecule has 0 heterocycles. The van der Waals surface area contributed by atoms with Crippen LogP contribution in [0.25, 0.3) is 10.8 Å². The molecule has 0 radical (unpaired) electrons. The van der Waals surface area contributed by atoms with Crippen molar-refractivity contribution in [3.63, 3.8) is 0 Å². The summed E-state index contributed by atoms with van der Waals surface area (Å²) in [7, 11) is 0. The van der Waals surface area contributed by atoms with E-state index in [4.69, 9.17) is 23.7 Å². The number of fused-ring (bicyclic) bond motifs is 1. The summed E-state index contributed by atoms with van der Waals surface area (Å²) in [6, 6.07) is 14.5. The fraction of sp³-hybridized carbons (Fsp3) is 0.788. The van der Waals surface area contributed by atoms with Crippen LogP contribution in [0.5, 0.6) is 5.75 Å². The van der Waals surface area contributed by atoms with Gasteiger partial charge >= 0.3 is 0 Å². The molecule has 0 unspecified atom stereocenters. The number of carbonyl (C=O) groups is 1. The van der Waals surface area contributed by atoms with Gasteiger partial charge in [0.1, 0.15) is 12.4 Å². The van der Waals surface area contributed by atoms with Crippen molar-refractivity contribution in [2.45, 2.75) is 149 Å². The molecule has 0 aliphatic heterocycles. The smallest absolute Gasteiger partial charge is 0.222 e. The van der Waals surface area contributed by atoms with Gasteiger partial charge < -0.3 is 40.1 Å². The van der Waals surface area contributed by atoms with Crippen molar-refractivity contribution in [2.75, 3.05) is 85.6 Å². The maximum Gasteiger partial charge on any atom is 0.222 e. The zero-order valence-electron chi connectivity index (χ0n) is 41.8. The molecule has 0 saturated carbocycles. The number of hydrogen-bond donors (Lipinski definition) is 3. The average Bonchev–Trinajstić information content (AvgIpc) is 3.19. The number of amides is 1. The summed E-state index contributed by atoms with van der Waals surface area (Å²) in [5.74, 6) is 4.98. The Morgan fingerprint density at radius 2 is 0.984 bits per heavy atom. The highest BCUT2D eigenvalue weighted by Crippen LogP contribution is 2.20. The molecule has 0 bridgehead atoms. The zero-order chi connectivity index (χ0) is 45.8. The first-order valence-electron chi connectivity index (χ1n) is 23.8. The first kappa shape index (κ1) is 65.3. The van der Waals surface area contributed by atoms with Crippen molar-refractivity contribution in [2.24, 2.45) is 35.5 Å². The second-order valence-corrected chi connectivity index (χ2v) is 17.8. The third kappa shape index (κ3) is 53.8. The summed E-state index contributed by atoms with van der Waals surface area (Å²) in [5.41, 5.74) is 3.74. The van der Waals surface area contributed by atoms with Crippen LogP contribution in [-0.2, 0) is 23.7 Å². The SMILES string of the molecule is C.CC(C)CCNC(=O)C(C)C.CC(C)CCNCC[NH3+].CC(C)CCOCCOc1ccc2ccccc2c1.CCCC(C)C.CCCOCCOCCOCCC(C)C. The number of hydrogen-bond acceptors (Lipinski definition) is 7. The summed E-state index contributed by atoms with van der Waals surface area (Å²) in [5, 5.41) is 8.63. The summed E-state index contributed by atoms with van der Waals surface area (Å²) < 4.78 is 27.2. The Hall–Kier alpha value is -2.27. The van der Waals surface area contributed by atoms with Crippen molar-refractivity contribution in [1.82, 2.24) is 10.6 Å². The summed E-state index contributed by atoms with van der Waals surface area (Å²) >= 11 is 0. The molecule has 0 atom stereocenters. The van der Waals surface area contributed by atoms with Gasteiger partial charge in [0, 0.05) is 38.8 Å². The van der Waals surface area contributed by atoms with Gasteiger partial charge in [-0.05, 0) is 91.1 Å². The average molecular weight is 867 g/mol. The molecule has 2 aromatic rings. The zero-order valence-corrected chi connectivity index (χ0v) is 41.8. The van der Waals surface area contributed by atoms with E-state index >= 15 is 0 Å². The number of quaternary nitrogens is 1. The van der Waals surface area contributed by atoms with E-state index in [0.29, 0.717) is 57.4 Å². The fourth-order valence-electron chi connectivity index (χ4n) is 4.81. The number of ether oxygens (including phenoxy) is 5. The van der Waals surface area contributed by atoms with Crippen LogP contribution in [0.3, 0.4) is 0 Å². The second-order valence-electron chi connectivity index (χ2n) is 17.8. The van der Waals surface area contributed by atoms with E-state index in [0.717, 1.165) is 89.3 Å². The minimum atomic E-state index is 0. The Bertz CT molecular complexity index is 1160. The number of nitrogens with one attached hydrogen (secondary N) is 2. The Balaban J connectivity index is -0.000000349. The predicted octanol–water partition coefficient (Wildman–Crippen LogP) is 11.5. The van der Waals surface area contributed by atoms with Crippen LogP contribution in [0.2, 0.25) is 0 Å². The highest BCUT2D eigenvalue weighted by molar-refractivity contribution is 5.83. The van der Waals surface area contributed by atoms with Crippen molar-refractivity contribution in [1.29, 1.82) is 0 Å². The van der Waals surface area contributed by atoms with Gasteiger partial charge in [0.2, 0.25) is 5.91 Å². The van der Waals surface area contributed by atoms with Gasteiger partial charge in [-0.15, -0.1) is 0 Å². The maximum atomic E-state index is 11.0. The van der Waals surface area contributed by atoms with Gasteiger partial charge in [-0.25, -0.2) is 0 Å². The largest absolute Gasteiger partial charge is 0.491 e. The van der Waals surface area contributed by atoms with E-state index in [-0.39, 0.29) is 19.3 Å². The van der Waals surface area contributed by atoms with Crippen molar-refractivity contribution < 1.29 is 34.2 Å². The molecule has 0 aliphatic rings. The van der Waals surface area contributed by atoms with Gasteiger partial charge in [-0.2, -0.15) is 0 Å². The van der Waals surface area contributed by atoms with Gasteiger partial charge in [-0.1, -0.05) is 148 Å². The normalized spacial score (nSPS) is 10.7. The molecule has 0 fully saturated rings. The number of carbonyl (C=O) groups excluding carboxylic acids is 1. The van der Waals surface area contributed by atoms with Crippen LogP contribution in [-0.4, -0.2) is 91.5 Å². The van der Waals surface area contributed by atoms with Crippen molar-refractivity contribution in [3.05, 3.63) is 42.5 Å². The van der Waals surface area contributed by atoms with Crippen LogP contribution in [0.1, 0.15) is 149 Å². The Morgan fingerprint density at radius 1 is 0.525 bits per heavy atom. The number of benzene rings is 2. The van der Waals surface area contributed by atoms with Gasteiger partial charge in [0.05, 0.1) is 39.6 Å². The fourth-order valence-corrected chi connectivity index (χ4v) is 4.81. The third-order valence-electron chi connectivity index (χ3n) is 8.65. The first-order valence-corrected chi connectivity index (χ1v) is 23.8. The molecule has 5 N–H and O–H groups in total. The van der Waals surface area contributed by atoms with E-state index in [1.807, 2.05) is 32.0 Å². The molecule has 362 valence electrons. The van der Waals surface area contributed by atoms with Crippen LogP contribution >= 0.6 is 0 Å². The lowest BCUT2D eigenvalue weighted by Crippen LogP contribution is -2.54. The summed E-state index contributed by atoms with van der Waals surface area (Å²) in [6.45, 7) is 40.7. The molecule has 1 amide bonds. The van der Waals surface area contributed by atoms with Crippen LogP contribution in [0.15, 0.2) is 42.5 Å². The lowest BCUT2D eigenvalue weighted by atomic mass is 10.1. The minimum Gasteiger partial charge on any atom is -0.491 e. The van der Waals surface area contributed by atoms with Crippen molar-refractivity contribution in [3.8, 4) is 5.75 Å². The summed E-state index contributed by atoms with van der Waals surface area (Å²) in [4.78, 5) is 11.0. The molecular weight excluding hydrogens is 763 g/mol. The maximum absolute atomic E-state index is 11.0. The summed E-state index contributed by atoms with van der Waals surface area (Å²) in [6.07, 6.45) is 8.35. The highest BCUT2D eigenvalue weighted by atomic mass is 16.5. The van der Waals surface area contributed by atoms with Crippen LogP contribution < -0.4 is 21.1 Å². The monoisotopic (exact) mass is 867 g/mol. The van der Waals surface area contributed by atoms with Crippen LogP contribution in [0, 0.1) is 35.5 Å². The topological polar surface area (TPSA) is 115 Å². The molecule has 0 saturated heterocycles. The minimum absolute atomic E-state index is 0. The first-order chi connectivity index (χ1) is 28.6. The molecule has 0 spiro atoms. The molecule has 9 nitrogen and oxygen atoms in total. The number of rotatable bonds is 29. The molecule has 9 heteroatoms. The second kappa shape index (κ2) is 48.8. The van der Waals surface area contributed by atoms with E-state index < -0.39 is 0 Å². The highest BCUT2D eigenvalue weighted by Gasteiger charge is 2.05. The molecule has 2 aromatic carbocycles. The molecule has 0 aliphatic carbocycles. The molecule has 61 heavy (non-hydrogen) atoms. The van der Waals surface area contributed by atoms with E-state index in [1.54, 1.807) is 0 Å². The lowest BCUT2D eigenvalue weighted by molar-refractivity contribution is -0.365.